The second-order valence-electron chi connectivity index (χ2n) is 3.24. The van der Waals surface area contributed by atoms with Crippen LogP contribution in [0.25, 0.3) is 0 Å². The van der Waals surface area contributed by atoms with Crippen LogP contribution in [0.3, 0.4) is 0 Å². The van der Waals surface area contributed by atoms with Crippen molar-refractivity contribution in [3.63, 3.8) is 0 Å². The van der Waals surface area contributed by atoms with Crippen LogP contribution in [0.1, 0.15) is 17.9 Å². The normalized spacial score (nSPS) is 11.4. The van der Waals surface area contributed by atoms with Crippen LogP contribution in [0.15, 0.2) is 18.2 Å². The van der Waals surface area contributed by atoms with Crippen LogP contribution in [-0.2, 0) is 9.59 Å². The van der Waals surface area contributed by atoms with Gasteiger partial charge in [-0.25, -0.2) is 8.78 Å². The second-order valence-corrected chi connectivity index (χ2v) is 3.24. The number of halogens is 2. The number of hydrogen-bond donors (Lipinski definition) is 1. The molecular formula is C10H8F2NNaO3. The van der Waals surface area contributed by atoms with Gasteiger partial charge in [0.05, 0.1) is 0 Å². The maximum atomic E-state index is 12.8. The van der Waals surface area contributed by atoms with Gasteiger partial charge in [-0.1, -0.05) is 0 Å². The van der Waals surface area contributed by atoms with E-state index in [1.54, 1.807) is 0 Å². The van der Waals surface area contributed by atoms with Crippen molar-refractivity contribution in [2.75, 3.05) is 0 Å². The molecule has 1 aromatic carbocycles. The molecule has 0 aliphatic heterocycles. The molecule has 1 rings (SSSR count). The largest absolute Gasteiger partial charge is 1.00 e. The fourth-order valence-electron chi connectivity index (χ4n) is 1.31. The summed E-state index contributed by atoms with van der Waals surface area (Å²) in [5, 5.41) is 10.7. The smallest absolute Gasteiger partial charge is 0.549 e. The molecule has 0 aromatic heterocycles. The molecule has 4 nitrogen and oxygen atoms in total. The average molecular weight is 251 g/mol. The maximum Gasteiger partial charge on any atom is 1.00 e. The zero-order valence-corrected chi connectivity index (χ0v) is 11.1. The van der Waals surface area contributed by atoms with Crippen LogP contribution < -0.4 is 40.4 Å². The van der Waals surface area contributed by atoms with Gasteiger partial charge in [0.1, 0.15) is 11.6 Å². The Morgan fingerprint density at radius 3 is 2.06 bits per heavy atom. The SMILES string of the molecule is NC(=O)CC(C(=O)[O-])c1cc(F)cc(F)c1.[Na+]. The first-order chi connectivity index (χ1) is 7.40. The van der Waals surface area contributed by atoms with Gasteiger partial charge in [0, 0.05) is 24.4 Å². The Bertz CT molecular complexity index is 419. The molecule has 2 N–H and O–H groups in total. The molecule has 0 heterocycles. The zero-order chi connectivity index (χ0) is 12.3. The number of rotatable bonds is 4. The van der Waals surface area contributed by atoms with Gasteiger partial charge < -0.3 is 15.6 Å². The standard InChI is InChI=1S/C10H9F2NO3.Na/c11-6-1-5(2-7(12)3-6)8(10(15)16)4-9(13)14;/h1-3,8H,4H2,(H2,13,14)(H,15,16);/q;+1/p-1. The third-order valence-electron chi connectivity index (χ3n) is 1.98. The van der Waals surface area contributed by atoms with Gasteiger partial charge in [-0.2, -0.15) is 0 Å². The fourth-order valence-corrected chi connectivity index (χ4v) is 1.31. The number of carbonyl (C=O) groups excluding carboxylic acids is 2. The van der Waals surface area contributed by atoms with Crippen molar-refractivity contribution in [3.8, 4) is 0 Å². The first-order valence-corrected chi connectivity index (χ1v) is 4.35. The molecule has 7 heteroatoms. The number of benzene rings is 1. The maximum absolute atomic E-state index is 12.8. The molecular weight excluding hydrogens is 243 g/mol. The van der Waals surface area contributed by atoms with E-state index in [1.807, 2.05) is 0 Å². The Kier molecular flexibility index (Phi) is 6.30. The van der Waals surface area contributed by atoms with Crippen molar-refractivity contribution in [1.82, 2.24) is 0 Å². The van der Waals surface area contributed by atoms with E-state index in [1.165, 1.54) is 0 Å². The number of primary amides is 1. The van der Waals surface area contributed by atoms with Gasteiger partial charge in [-0.15, -0.1) is 0 Å². The molecule has 0 saturated carbocycles. The number of nitrogens with two attached hydrogens (primary N) is 1. The van der Waals surface area contributed by atoms with Crippen molar-refractivity contribution in [2.45, 2.75) is 12.3 Å². The number of aliphatic carboxylic acids is 1. The Labute approximate surface area is 118 Å². The van der Waals surface area contributed by atoms with Crippen LogP contribution in [0.2, 0.25) is 0 Å². The molecule has 17 heavy (non-hydrogen) atoms. The predicted molar refractivity (Wildman–Crippen MR) is 47.9 cm³/mol. The first kappa shape index (κ1) is 16.0. The van der Waals surface area contributed by atoms with Crippen LogP contribution in [-0.4, -0.2) is 11.9 Å². The van der Waals surface area contributed by atoms with Crippen molar-refractivity contribution >= 4 is 11.9 Å². The minimum absolute atomic E-state index is 0. The van der Waals surface area contributed by atoms with E-state index in [2.05, 4.69) is 0 Å². The summed E-state index contributed by atoms with van der Waals surface area (Å²) in [5.41, 5.74) is 4.64. The molecule has 0 aliphatic rings. The molecule has 1 amide bonds. The van der Waals surface area contributed by atoms with Crippen molar-refractivity contribution in [3.05, 3.63) is 35.4 Å². The van der Waals surface area contributed by atoms with Gasteiger partial charge >= 0.3 is 29.6 Å². The number of hydrogen-bond acceptors (Lipinski definition) is 3. The summed E-state index contributed by atoms with van der Waals surface area (Å²) in [6.45, 7) is 0. The Hall–Kier alpha value is -0.980. The molecule has 1 unspecified atom stereocenters. The van der Waals surface area contributed by atoms with Gasteiger partial charge in [0.25, 0.3) is 0 Å². The van der Waals surface area contributed by atoms with E-state index in [-0.39, 0.29) is 35.1 Å². The van der Waals surface area contributed by atoms with Crippen LogP contribution >= 0.6 is 0 Å². The summed E-state index contributed by atoms with van der Waals surface area (Å²) in [5.74, 6) is -5.79. The van der Waals surface area contributed by atoms with E-state index >= 15 is 0 Å². The van der Waals surface area contributed by atoms with Crippen molar-refractivity contribution in [2.24, 2.45) is 5.73 Å². The summed E-state index contributed by atoms with van der Waals surface area (Å²) in [6.07, 6.45) is -0.564. The Balaban J connectivity index is 0.00000256. The molecule has 0 spiro atoms. The molecule has 86 valence electrons. The van der Waals surface area contributed by atoms with Crippen LogP contribution in [0.5, 0.6) is 0 Å². The van der Waals surface area contributed by atoms with E-state index < -0.39 is 35.8 Å². The van der Waals surface area contributed by atoms with Gasteiger partial charge in [-0.05, 0) is 17.7 Å². The van der Waals surface area contributed by atoms with Crippen molar-refractivity contribution in [1.29, 1.82) is 0 Å². The average Bonchev–Trinajstić information content (AvgIpc) is 2.11. The molecule has 0 fully saturated rings. The second kappa shape index (κ2) is 6.68. The van der Waals surface area contributed by atoms with Gasteiger partial charge in [0.2, 0.25) is 5.91 Å². The zero-order valence-electron chi connectivity index (χ0n) is 9.07. The Morgan fingerprint density at radius 1 is 1.24 bits per heavy atom. The quantitative estimate of drug-likeness (QED) is 0.568. The van der Waals surface area contributed by atoms with Gasteiger partial charge in [0.15, 0.2) is 0 Å². The number of carboxylic acids is 1. The molecule has 1 atom stereocenters. The predicted octanol–water partition coefficient (Wildman–Crippen LogP) is -3.32. The summed E-state index contributed by atoms with van der Waals surface area (Å²) < 4.78 is 25.6. The molecule has 0 saturated heterocycles. The van der Waals surface area contributed by atoms with E-state index in [4.69, 9.17) is 5.73 Å². The van der Waals surface area contributed by atoms with E-state index in [0.29, 0.717) is 6.07 Å². The van der Waals surface area contributed by atoms with Crippen LogP contribution in [0.4, 0.5) is 8.78 Å². The van der Waals surface area contributed by atoms with Crippen LogP contribution in [0, 0.1) is 11.6 Å². The van der Waals surface area contributed by atoms with E-state index in [0.717, 1.165) is 12.1 Å². The number of amides is 1. The Morgan fingerprint density at radius 2 is 1.71 bits per heavy atom. The third-order valence-corrected chi connectivity index (χ3v) is 1.98. The molecule has 0 radical (unpaired) electrons. The number of carboxylic acid groups (broad SMARTS) is 1. The summed E-state index contributed by atoms with van der Waals surface area (Å²) in [6, 6.07) is 2.25. The third kappa shape index (κ3) is 4.80. The number of carbonyl (C=O) groups is 2. The summed E-state index contributed by atoms with van der Waals surface area (Å²) >= 11 is 0. The molecule has 0 aliphatic carbocycles. The minimum atomic E-state index is -1.61. The summed E-state index contributed by atoms with van der Waals surface area (Å²) in [4.78, 5) is 21.3. The monoisotopic (exact) mass is 251 g/mol. The minimum Gasteiger partial charge on any atom is -0.549 e. The molecule has 0 bridgehead atoms. The fraction of sp³-hybridized carbons (Fsp3) is 0.200. The van der Waals surface area contributed by atoms with Gasteiger partial charge in [-0.3, -0.25) is 4.79 Å². The molecule has 1 aromatic rings. The summed E-state index contributed by atoms with van der Waals surface area (Å²) in [7, 11) is 0. The topological polar surface area (TPSA) is 83.2 Å². The van der Waals surface area contributed by atoms with Crippen molar-refractivity contribution < 1.29 is 53.0 Å². The first-order valence-electron chi connectivity index (χ1n) is 4.35. The van der Waals surface area contributed by atoms with E-state index in [9.17, 15) is 23.5 Å².